The number of rotatable bonds is 3. The van der Waals surface area contributed by atoms with Gasteiger partial charge in [0.15, 0.2) is 5.41 Å². The molecule has 120 valence electrons. The minimum absolute atomic E-state index is 0.275. The van der Waals surface area contributed by atoms with E-state index in [9.17, 15) is 18.0 Å². The molecule has 4 aliphatic carbocycles. The van der Waals surface area contributed by atoms with E-state index in [4.69, 9.17) is 4.74 Å². The first-order chi connectivity index (χ1) is 9.74. The molecule has 4 aliphatic rings. The highest BCUT2D eigenvalue weighted by Crippen LogP contribution is 2.55. The van der Waals surface area contributed by atoms with Crippen LogP contribution < -0.4 is 0 Å². The summed E-state index contributed by atoms with van der Waals surface area (Å²) in [6.45, 7) is 2.36. The number of hydrogen-bond acceptors (Lipinski definition) is 2. The maximum atomic E-state index is 13.2. The molecule has 4 saturated carbocycles. The van der Waals surface area contributed by atoms with Gasteiger partial charge in [-0.1, -0.05) is 6.92 Å². The monoisotopic (exact) mass is 304 g/mol. The van der Waals surface area contributed by atoms with Crippen LogP contribution >= 0.6 is 0 Å². The zero-order chi connectivity index (χ0) is 15.4. The van der Waals surface area contributed by atoms with Crippen molar-refractivity contribution in [2.45, 2.75) is 64.7 Å². The number of hydrogen-bond donors (Lipinski definition) is 0. The lowest BCUT2D eigenvalue weighted by molar-refractivity contribution is -0.240. The first-order valence-corrected chi connectivity index (χ1v) is 8.02. The van der Waals surface area contributed by atoms with Crippen LogP contribution in [0.15, 0.2) is 0 Å². The Morgan fingerprint density at radius 2 is 1.52 bits per heavy atom. The summed E-state index contributed by atoms with van der Waals surface area (Å²) in [5.41, 5.74) is -2.37. The molecule has 1 unspecified atom stereocenters. The molecule has 4 rings (SSSR count). The van der Waals surface area contributed by atoms with Gasteiger partial charge in [0.05, 0.1) is 0 Å². The van der Waals surface area contributed by atoms with E-state index in [1.807, 2.05) is 0 Å². The summed E-state index contributed by atoms with van der Waals surface area (Å²) in [5.74, 6) is 0.930. The maximum absolute atomic E-state index is 13.2. The van der Waals surface area contributed by atoms with Crippen LogP contribution in [0.3, 0.4) is 0 Å². The minimum atomic E-state index is -4.55. The molecule has 0 aromatic rings. The lowest BCUT2D eigenvalue weighted by atomic mass is 9.55. The van der Waals surface area contributed by atoms with E-state index in [0.717, 1.165) is 32.6 Å². The topological polar surface area (TPSA) is 26.3 Å². The smallest absolute Gasteiger partial charge is 0.404 e. The van der Waals surface area contributed by atoms with E-state index in [0.29, 0.717) is 23.7 Å². The molecule has 0 heterocycles. The molecule has 0 spiro atoms. The van der Waals surface area contributed by atoms with Crippen LogP contribution in [0.1, 0.15) is 52.4 Å². The van der Waals surface area contributed by atoms with Gasteiger partial charge in [0, 0.05) is 0 Å². The van der Waals surface area contributed by atoms with Crippen LogP contribution in [-0.2, 0) is 9.53 Å². The SMILES string of the molecule is CCC(C)(C(=O)OC1C2CC3CC(C2)CC1C3)C(F)(F)F. The molecule has 5 heteroatoms. The van der Waals surface area contributed by atoms with Gasteiger partial charge in [-0.2, -0.15) is 13.2 Å². The number of carbonyl (C=O) groups excluding carboxylic acids is 1. The summed E-state index contributed by atoms with van der Waals surface area (Å²) in [6, 6.07) is 0. The second-order valence-electron chi connectivity index (χ2n) is 7.48. The molecule has 4 fully saturated rings. The highest BCUT2D eigenvalue weighted by Gasteiger charge is 2.58. The van der Waals surface area contributed by atoms with Gasteiger partial charge < -0.3 is 4.74 Å². The van der Waals surface area contributed by atoms with Crippen molar-refractivity contribution in [1.82, 2.24) is 0 Å². The molecule has 0 aromatic heterocycles. The lowest BCUT2D eigenvalue weighted by Crippen LogP contribution is -2.52. The fourth-order valence-electron chi connectivity index (χ4n) is 4.78. The average Bonchev–Trinajstić information content (AvgIpc) is 2.39. The Morgan fingerprint density at radius 1 is 1.05 bits per heavy atom. The molecule has 2 nitrogen and oxygen atoms in total. The van der Waals surface area contributed by atoms with Crippen molar-refractivity contribution in [3.05, 3.63) is 0 Å². The highest BCUT2D eigenvalue weighted by molar-refractivity contribution is 5.77. The van der Waals surface area contributed by atoms with Gasteiger partial charge in [-0.15, -0.1) is 0 Å². The Bertz CT molecular complexity index is 404. The van der Waals surface area contributed by atoms with E-state index >= 15 is 0 Å². The van der Waals surface area contributed by atoms with Crippen molar-refractivity contribution in [2.24, 2.45) is 29.1 Å². The van der Waals surface area contributed by atoms with Crippen LogP contribution in [0.4, 0.5) is 13.2 Å². The van der Waals surface area contributed by atoms with E-state index in [2.05, 4.69) is 0 Å². The fraction of sp³-hybridized carbons (Fsp3) is 0.938. The third-order valence-corrected chi connectivity index (χ3v) is 6.17. The van der Waals surface area contributed by atoms with Crippen molar-refractivity contribution < 1.29 is 22.7 Å². The van der Waals surface area contributed by atoms with E-state index < -0.39 is 17.6 Å². The van der Waals surface area contributed by atoms with Crippen molar-refractivity contribution in [2.75, 3.05) is 0 Å². The van der Waals surface area contributed by atoms with Crippen LogP contribution in [-0.4, -0.2) is 18.2 Å². The quantitative estimate of drug-likeness (QED) is 0.725. The Balaban J connectivity index is 1.73. The van der Waals surface area contributed by atoms with Gasteiger partial charge >= 0.3 is 12.1 Å². The predicted molar refractivity (Wildman–Crippen MR) is 71.4 cm³/mol. The van der Waals surface area contributed by atoms with Gasteiger partial charge in [0.1, 0.15) is 6.10 Å². The van der Waals surface area contributed by atoms with Crippen molar-refractivity contribution >= 4 is 5.97 Å². The molecule has 1 atom stereocenters. The zero-order valence-electron chi connectivity index (χ0n) is 12.6. The summed E-state index contributed by atoms with van der Waals surface area (Å²) < 4.78 is 45.0. The standard InChI is InChI=1S/C16H23F3O2/c1-3-15(2,16(17,18)19)14(20)21-13-11-5-9-4-10(7-11)8-12(13)6-9/h9-13H,3-8H2,1-2H3. The van der Waals surface area contributed by atoms with Gasteiger partial charge in [0.25, 0.3) is 0 Å². The molecule has 0 aliphatic heterocycles. The third kappa shape index (κ3) is 2.36. The largest absolute Gasteiger partial charge is 0.461 e. The van der Waals surface area contributed by atoms with E-state index in [-0.39, 0.29) is 12.5 Å². The Hall–Kier alpha value is -0.740. The molecule has 0 aromatic carbocycles. The Labute approximate surface area is 123 Å². The van der Waals surface area contributed by atoms with Crippen LogP contribution in [0.25, 0.3) is 0 Å². The lowest BCUT2D eigenvalue weighted by Gasteiger charge is -2.53. The normalized spacial score (nSPS) is 40.9. The average molecular weight is 304 g/mol. The first-order valence-electron chi connectivity index (χ1n) is 8.02. The molecule has 0 N–H and O–H groups in total. The van der Waals surface area contributed by atoms with Crippen LogP contribution in [0.2, 0.25) is 0 Å². The predicted octanol–water partition coefficient (Wildman–Crippen LogP) is 4.33. The third-order valence-electron chi connectivity index (χ3n) is 6.17. The van der Waals surface area contributed by atoms with E-state index in [1.165, 1.54) is 13.3 Å². The van der Waals surface area contributed by atoms with Crippen molar-refractivity contribution in [3.63, 3.8) is 0 Å². The fourth-order valence-corrected chi connectivity index (χ4v) is 4.78. The second kappa shape index (κ2) is 4.88. The van der Waals surface area contributed by atoms with Gasteiger partial charge in [-0.3, -0.25) is 4.79 Å². The number of alkyl halides is 3. The number of esters is 1. The van der Waals surface area contributed by atoms with Crippen molar-refractivity contribution in [1.29, 1.82) is 0 Å². The van der Waals surface area contributed by atoms with Gasteiger partial charge in [-0.25, -0.2) is 0 Å². The second-order valence-corrected chi connectivity index (χ2v) is 7.48. The van der Waals surface area contributed by atoms with Gasteiger partial charge in [-0.05, 0) is 69.1 Å². The summed E-state index contributed by atoms with van der Waals surface area (Å²) >= 11 is 0. The Kier molecular flexibility index (Phi) is 3.53. The van der Waals surface area contributed by atoms with Crippen LogP contribution in [0, 0.1) is 29.1 Å². The highest BCUT2D eigenvalue weighted by atomic mass is 19.4. The van der Waals surface area contributed by atoms with E-state index in [1.54, 1.807) is 0 Å². The van der Waals surface area contributed by atoms with Crippen LogP contribution in [0.5, 0.6) is 0 Å². The summed E-state index contributed by atoms with van der Waals surface area (Å²) in [7, 11) is 0. The molecule has 0 amide bonds. The molecule has 0 saturated heterocycles. The number of ether oxygens (including phenoxy) is 1. The molecular formula is C16H23F3O2. The van der Waals surface area contributed by atoms with Crippen molar-refractivity contribution in [3.8, 4) is 0 Å². The molecule has 4 bridgehead atoms. The molecule has 21 heavy (non-hydrogen) atoms. The Morgan fingerprint density at radius 3 is 1.90 bits per heavy atom. The minimum Gasteiger partial charge on any atom is -0.461 e. The summed E-state index contributed by atoms with van der Waals surface area (Å²) in [6.07, 6.45) is 0.272. The summed E-state index contributed by atoms with van der Waals surface area (Å²) in [5, 5.41) is 0. The molecular weight excluding hydrogens is 281 g/mol. The van der Waals surface area contributed by atoms with Gasteiger partial charge in [0.2, 0.25) is 0 Å². The zero-order valence-corrected chi connectivity index (χ0v) is 12.6. The molecule has 0 radical (unpaired) electrons. The maximum Gasteiger partial charge on any atom is 0.404 e. The first kappa shape index (κ1) is 15.2. The summed E-state index contributed by atoms with van der Waals surface area (Å²) in [4.78, 5) is 12.2. The number of halogens is 3. The number of carbonyl (C=O) groups is 1.